The molecule has 4 rings (SSSR count). The number of hydrogen-bond acceptors (Lipinski definition) is 7. The molecular formula is C33H38N2O7. The summed E-state index contributed by atoms with van der Waals surface area (Å²) < 4.78 is 22.5. The molecule has 1 N–H and O–H groups in total. The maximum atomic E-state index is 13.6. The summed E-state index contributed by atoms with van der Waals surface area (Å²) in [6.07, 6.45) is -0.192. The zero-order valence-corrected chi connectivity index (χ0v) is 24.6. The lowest BCUT2D eigenvalue weighted by Gasteiger charge is -2.34. The van der Waals surface area contributed by atoms with Gasteiger partial charge in [0.2, 0.25) is 0 Å². The second-order valence-corrected chi connectivity index (χ2v) is 10.8. The lowest BCUT2D eigenvalue weighted by molar-refractivity contribution is -0.127. The standard InChI is InChI=1S/C33H38N2O7/c1-5-39-31(37)26-11-7-6-10-24(26)22-35-27-12-8-9-13-28(27)41-29(30(35)36)19-21-40-25-16-14-23(15-17-25)18-20-34-32(38)42-33(2,3)4/h6-17,29H,5,18-22H2,1-4H3,(H,34,38). The Hall–Kier alpha value is -4.53. The quantitative estimate of drug-likeness (QED) is 0.293. The van der Waals surface area contributed by atoms with Crippen molar-refractivity contribution >= 4 is 23.7 Å². The van der Waals surface area contributed by atoms with Gasteiger partial charge in [0.05, 0.1) is 31.0 Å². The first kappa shape index (κ1) is 30.4. The number of anilines is 1. The van der Waals surface area contributed by atoms with Crippen molar-refractivity contribution < 1.29 is 33.3 Å². The fourth-order valence-corrected chi connectivity index (χ4v) is 4.52. The molecule has 3 aromatic carbocycles. The van der Waals surface area contributed by atoms with Crippen molar-refractivity contribution in [1.82, 2.24) is 5.32 Å². The highest BCUT2D eigenvalue weighted by atomic mass is 16.6. The minimum Gasteiger partial charge on any atom is -0.493 e. The molecule has 0 saturated heterocycles. The first-order valence-electron chi connectivity index (χ1n) is 14.2. The van der Waals surface area contributed by atoms with Crippen molar-refractivity contribution in [2.24, 2.45) is 0 Å². The lowest BCUT2D eigenvalue weighted by Crippen LogP contribution is -2.46. The lowest BCUT2D eigenvalue weighted by atomic mass is 10.0. The van der Waals surface area contributed by atoms with Gasteiger partial charge in [-0.1, -0.05) is 42.5 Å². The minimum absolute atomic E-state index is 0.204. The molecule has 0 fully saturated rings. The molecule has 0 aromatic heterocycles. The minimum atomic E-state index is -0.743. The van der Waals surface area contributed by atoms with Crippen LogP contribution in [0.15, 0.2) is 72.8 Å². The summed E-state index contributed by atoms with van der Waals surface area (Å²) in [6.45, 7) is 8.43. The van der Waals surface area contributed by atoms with Crippen LogP contribution in [0.1, 0.15) is 55.6 Å². The third-order valence-corrected chi connectivity index (χ3v) is 6.46. The van der Waals surface area contributed by atoms with Gasteiger partial charge in [-0.3, -0.25) is 4.79 Å². The molecule has 0 saturated carbocycles. The highest BCUT2D eigenvalue weighted by molar-refractivity contribution is 6.00. The molecule has 42 heavy (non-hydrogen) atoms. The molecule has 0 aliphatic carbocycles. The van der Waals surface area contributed by atoms with Crippen molar-refractivity contribution in [2.45, 2.75) is 58.8 Å². The number of amides is 2. The van der Waals surface area contributed by atoms with E-state index in [1.54, 1.807) is 24.0 Å². The number of rotatable bonds is 11. The zero-order valence-electron chi connectivity index (χ0n) is 24.6. The Balaban J connectivity index is 1.34. The summed E-state index contributed by atoms with van der Waals surface area (Å²) in [4.78, 5) is 39.6. The Labute approximate surface area is 246 Å². The molecule has 2 amide bonds. The molecule has 1 aliphatic heterocycles. The van der Waals surface area contributed by atoms with Crippen LogP contribution < -0.4 is 19.7 Å². The van der Waals surface area contributed by atoms with E-state index in [-0.39, 0.29) is 25.7 Å². The summed E-state index contributed by atoms with van der Waals surface area (Å²) >= 11 is 0. The van der Waals surface area contributed by atoms with Gasteiger partial charge in [-0.05, 0) is 75.6 Å². The number of fused-ring (bicyclic) bond motifs is 1. The molecule has 0 spiro atoms. The van der Waals surface area contributed by atoms with Gasteiger partial charge in [0.25, 0.3) is 5.91 Å². The molecule has 1 atom stereocenters. The number of alkyl carbamates (subject to hydrolysis) is 1. The average Bonchev–Trinajstić information content (AvgIpc) is 2.95. The first-order valence-corrected chi connectivity index (χ1v) is 14.2. The number of benzene rings is 3. The van der Waals surface area contributed by atoms with Gasteiger partial charge in [0.15, 0.2) is 6.10 Å². The number of carbonyl (C=O) groups excluding carboxylic acids is 3. The van der Waals surface area contributed by atoms with Crippen LogP contribution in [0.5, 0.6) is 11.5 Å². The molecule has 1 aliphatic rings. The Kier molecular flexibility index (Phi) is 10.1. The third-order valence-electron chi connectivity index (χ3n) is 6.46. The van der Waals surface area contributed by atoms with Crippen molar-refractivity contribution in [3.05, 3.63) is 89.5 Å². The predicted octanol–water partition coefficient (Wildman–Crippen LogP) is 5.69. The van der Waals surface area contributed by atoms with Crippen LogP contribution in [-0.2, 0) is 27.2 Å². The second kappa shape index (κ2) is 13.9. The predicted molar refractivity (Wildman–Crippen MR) is 159 cm³/mol. The Morgan fingerprint density at radius 3 is 2.43 bits per heavy atom. The normalized spacial score (nSPS) is 14.4. The number of ether oxygens (including phenoxy) is 4. The maximum absolute atomic E-state index is 13.6. The molecule has 9 nitrogen and oxygen atoms in total. The van der Waals surface area contributed by atoms with Crippen molar-refractivity contribution in [1.29, 1.82) is 0 Å². The smallest absolute Gasteiger partial charge is 0.407 e. The Bertz CT molecular complexity index is 1380. The number of hydrogen-bond donors (Lipinski definition) is 1. The van der Waals surface area contributed by atoms with Crippen LogP contribution in [0.2, 0.25) is 0 Å². The average molecular weight is 575 g/mol. The summed E-state index contributed by atoms with van der Waals surface area (Å²) in [5.41, 5.74) is 2.28. The van der Waals surface area contributed by atoms with E-state index in [0.717, 1.165) is 5.56 Å². The number of nitrogens with zero attached hydrogens (tertiary/aromatic N) is 1. The molecule has 1 heterocycles. The van der Waals surface area contributed by atoms with Crippen LogP contribution >= 0.6 is 0 Å². The summed E-state index contributed by atoms with van der Waals surface area (Å²) in [6, 6.07) is 22.1. The maximum Gasteiger partial charge on any atom is 0.407 e. The monoisotopic (exact) mass is 574 g/mol. The van der Waals surface area contributed by atoms with E-state index >= 15 is 0 Å². The van der Waals surface area contributed by atoms with Gasteiger partial charge in [-0.25, -0.2) is 9.59 Å². The summed E-state index contributed by atoms with van der Waals surface area (Å²) in [7, 11) is 0. The van der Waals surface area contributed by atoms with E-state index < -0.39 is 23.8 Å². The van der Waals surface area contributed by atoms with Gasteiger partial charge >= 0.3 is 12.1 Å². The van der Waals surface area contributed by atoms with Crippen LogP contribution in [0, 0.1) is 0 Å². The van der Waals surface area contributed by atoms with Crippen molar-refractivity contribution in [3.63, 3.8) is 0 Å². The highest BCUT2D eigenvalue weighted by Gasteiger charge is 2.35. The largest absolute Gasteiger partial charge is 0.493 e. The van der Waals surface area contributed by atoms with Gasteiger partial charge in [-0.2, -0.15) is 0 Å². The van der Waals surface area contributed by atoms with Gasteiger partial charge in [0, 0.05) is 13.0 Å². The number of esters is 1. The SMILES string of the molecule is CCOC(=O)c1ccccc1CN1C(=O)C(CCOc2ccc(CCNC(=O)OC(C)(C)C)cc2)Oc2ccccc21. The molecule has 3 aromatic rings. The summed E-state index contributed by atoms with van der Waals surface area (Å²) in [5, 5.41) is 2.75. The number of carbonyl (C=O) groups is 3. The van der Waals surface area contributed by atoms with Crippen LogP contribution in [0.25, 0.3) is 0 Å². The number of nitrogens with one attached hydrogen (secondary N) is 1. The van der Waals surface area contributed by atoms with E-state index in [1.165, 1.54) is 0 Å². The van der Waals surface area contributed by atoms with Crippen LogP contribution in [0.3, 0.4) is 0 Å². The topological polar surface area (TPSA) is 103 Å². The number of para-hydroxylation sites is 2. The fourth-order valence-electron chi connectivity index (χ4n) is 4.52. The highest BCUT2D eigenvalue weighted by Crippen LogP contribution is 2.36. The molecule has 9 heteroatoms. The van der Waals surface area contributed by atoms with Crippen molar-refractivity contribution in [2.75, 3.05) is 24.7 Å². The molecular weight excluding hydrogens is 536 g/mol. The van der Waals surface area contributed by atoms with E-state index in [0.29, 0.717) is 47.7 Å². The van der Waals surface area contributed by atoms with E-state index in [2.05, 4.69) is 5.32 Å². The molecule has 222 valence electrons. The van der Waals surface area contributed by atoms with Gasteiger partial charge < -0.3 is 29.2 Å². The van der Waals surface area contributed by atoms with Gasteiger partial charge in [0.1, 0.15) is 17.1 Å². The van der Waals surface area contributed by atoms with E-state index in [4.69, 9.17) is 18.9 Å². The second-order valence-electron chi connectivity index (χ2n) is 10.8. The molecule has 0 bridgehead atoms. The van der Waals surface area contributed by atoms with Crippen LogP contribution in [-0.4, -0.2) is 49.4 Å². The van der Waals surface area contributed by atoms with E-state index in [1.807, 2.05) is 81.4 Å². The first-order chi connectivity index (χ1) is 20.1. The third kappa shape index (κ3) is 8.25. The summed E-state index contributed by atoms with van der Waals surface area (Å²) in [5.74, 6) is 0.643. The van der Waals surface area contributed by atoms with Crippen LogP contribution in [0.4, 0.5) is 10.5 Å². The van der Waals surface area contributed by atoms with Crippen molar-refractivity contribution in [3.8, 4) is 11.5 Å². The Morgan fingerprint density at radius 2 is 1.69 bits per heavy atom. The van der Waals surface area contributed by atoms with E-state index in [9.17, 15) is 14.4 Å². The van der Waals surface area contributed by atoms with Gasteiger partial charge in [-0.15, -0.1) is 0 Å². The Morgan fingerprint density at radius 1 is 0.976 bits per heavy atom. The zero-order chi connectivity index (χ0) is 30.1. The molecule has 0 radical (unpaired) electrons. The molecule has 1 unspecified atom stereocenters. The fraction of sp³-hybridized carbons (Fsp3) is 0.364.